The average molecular weight is 460 g/mol. The molecule has 170 valence electrons. The van der Waals surface area contributed by atoms with Crippen LogP contribution in [0.4, 0.5) is 11.4 Å². The van der Waals surface area contributed by atoms with E-state index in [1.54, 1.807) is 18.2 Å². The molecule has 0 unspecified atom stereocenters. The van der Waals surface area contributed by atoms with Crippen LogP contribution in [-0.4, -0.2) is 15.8 Å². The molecule has 0 bridgehead atoms. The summed E-state index contributed by atoms with van der Waals surface area (Å²) in [6.45, 7) is 1.98. The van der Waals surface area contributed by atoms with Crippen molar-refractivity contribution in [3.8, 4) is 22.4 Å². The van der Waals surface area contributed by atoms with Gasteiger partial charge in [-0.05, 0) is 72.1 Å². The number of rotatable bonds is 5. The van der Waals surface area contributed by atoms with Crippen LogP contribution >= 0.6 is 0 Å². The Morgan fingerprint density at radius 2 is 1.60 bits per heavy atom. The summed E-state index contributed by atoms with van der Waals surface area (Å²) in [6.07, 6.45) is 0. The topological polar surface area (TPSA) is 85.1 Å². The van der Waals surface area contributed by atoms with Crippen LogP contribution in [0.1, 0.15) is 15.9 Å². The Balaban J connectivity index is 1.60. The first kappa shape index (κ1) is 22.0. The number of anilines is 1. The van der Waals surface area contributed by atoms with E-state index in [-0.39, 0.29) is 11.6 Å². The van der Waals surface area contributed by atoms with Crippen molar-refractivity contribution in [3.63, 3.8) is 0 Å². The third-order valence-electron chi connectivity index (χ3n) is 5.81. The second-order valence-corrected chi connectivity index (χ2v) is 8.28. The molecule has 6 heteroatoms. The molecule has 0 spiro atoms. The normalized spacial score (nSPS) is 10.8. The lowest BCUT2D eigenvalue weighted by Gasteiger charge is -2.12. The SMILES string of the molecule is Cc1cccc(NC(=O)c2ccc3nc(-c4ccc([N+](=O)[O-])cc4)cc(-c4ccccc4)c3c2)c1. The number of benzene rings is 4. The lowest BCUT2D eigenvalue weighted by atomic mass is 9.97. The lowest BCUT2D eigenvalue weighted by Crippen LogP contribution is -2.12. The van der Waals surface area contributed by atoms with Gasteiger partial charge in [-0.15, -0.1) is 0 Å². The highest BCUT2D eigenvalue weighted by atomic mass is 16.6. The molecule has 35 heavy (non-hydrogen) atoms. The molecule has 1 N–H and O–H groups in total. The predicted octanol–water partition coefficient (Wildman–Crippen LogP) is 7.04. The van der Waals surface area contributed by atoms with Gasteiger partial charge < -0.3 is 5.32 Å². The summed E-state index contributed by atoms with van der Waals surface area (Å²) in [6, 6.07) is 31.3. The number of fused-ring (bicyclic) bond motifs is 1. The maximum Gasteiger partial charge on any atom is 0.269 e. The minimum atomic E-state index is -0.420. The van der Waals surface area contributed by atoms with Gasteiger partial charge in [0, 0.05) is 34.3 Å². The van der Waals surface area contributed by atoms with Crippen molar-refractivity contribution in [2.24, 2.45) is 0 Å². The number of nitrogens with zero attached hydrogens (tertiary/aromatic N) is 2. The molecular weight excluding hydrogens is 438 g/mol. The molecule has 0 saturated carbocycles. The minimum absolute atomic E-state index is 0.0297. The van der Waals surface area contributed by atoms with E-state index in [0.717, 1.165) is 38.8 Å². The van der Waals surface area contributed by atoms with Gasteiger partial charge in [0.05, 0.1) is 16.1 Å². The predicted molar refractivity (Wildman–Crippen MR) is 138 cm³/mol. The summed E-state index contributed by atoms with van der Waals surface area (Å²) in [5, 5.41) is 14.8. The number of nitrogens with one attached hydrogen (secondary N) is 1. The molecule has 0 aliphatic carbocycles. The van der Waals surface area contributed by atoms with Crippen LogP contribution in [0.2, 0.25) is 0 Å². The Bertz CT molecular complexity index is 1560. The first-order valence-electron chi connectivity index (χ1n) is 11.1. The molecule has 0 radical (unpaired) electrons. The van der Waals surface area contributed by atoms with E-state index < -0.39 is 4.92 Å². The third-order valence-corrected chi connectivity index (χ3v) is 5.81. The van der Waals surface area contributed by atoms with Crippen molar-refractivity contribution in [1.29, 1.82) is 0 Å². The summed E-state index contributed by atoms with van der Waals surface area (Å²) < 4.78 is 0. The van der Waals surface area contributed by atoms with E-state index in [0.29, 0.717) is 11.3 Å². The maximum absolute atomic E-state index is 13.0. The molecule has 0 atom stereocenters. The van der Waals surface area contributed by atoms with Gasteiger partial charge in [0.15, 0.2) is 0 Å². The molecule has 1 aromatic heterocycles. The van der Waals surface area contributed by atoms with Crippen LogP contribution in [0.3, 0.4) is 0 Å². The van der Waals surface area contributed by atoms with Crippen molar-refractivity contribution in [2.75, 3.05) is 5.32 Å². The van der Waals surface area contributed by atoms with Crippen LogP contribution in [0.5, 0.6) is 0 Å². The largest absolute Gasteiger partial charge is 0.322 e. The number of hydrogen-bond donors (Lipinski definition) is 1. The summed E-state index contributed by atoms with van der Waals surface area (Å²) in [5.74, 6) is -0.198. The zero-order valence-electron chi connectivity index (χ0n) is 18.9. The Kier molecular flexibility index (Phi) is 5.77. The van der Waals surface area contributed by atoms with Gasteiger partial charge in [0.25, 0.3) is 11.6 Å². The van der Waals surface area contributed by atoms with Gasteiger partial charge >= 0.3 is 0 Å². The second kappa shape index (κ2) is 9.19. The highest BCUT2D eigenvalue weighted by Crippen LogP contribution is 2.33. The van der Waals surface area contributed by atoms with E-state index in [4.69, 9.17) is 4.98 Å². The number of aromatic nitrogens is 1. The van der Waals surface area contributed by atoms with Gasteiger partial charge in [0.2, 0.25) is 0 Å². The number of hydrogen-bond acceptors (Lipinski definition) is 4. The summed E-state index contributed by atoms with van der Waals surface area (Å²) in [4.78, 5) is 28.4. The number of nitro benzene ring substituents is 1. The Labute approximate surface area is 202 Å². The number of amides is 1. The van der Waals surface area contributed by atoms with Crippen molar-refractivity contribution in [1.82, 2.24) is 4.98 Å². The second-order valence-electron chi connectivity index (χ2n) is 8.28. The summed E-state index contributed by atoms with van der Waals surface area (Å²) >= 11 is 0. The first-order valence-corrected chi connectivity index (χ1v) is 11.1. The van der Waals surface area contributed by atoms with E-state index >= 15 is 0 Å². The number of pyridine rings is 1. The van der Waals surface area contributed by atoms with Gasteiger partial charge in [-0.1, -0.05) is 42.5 Å². The van der Waals surface area contributed by atoms with E-state index in [1.165, 1.54) is 12.1 Å². The first-order chi connectivity index (χ1) is 17.0. The van der Waals surface area contributed by atoms with E-state index in [9.17, 15) is 14.9 Å². The number of carbonyl (C=O) groups excluding carboxylic acids is 1. The smallest absolute Gasteiger partial charge is 0.269 e. The number of carbonyl (C=O) groups is 1. The summed E-state index contributed by atoms with van der Waals surface area (Å²) in [7, 11) is 0. The fraction of sp³-hybridized carbons (Fsp3) is 0.0345. The minimum Gasteiger partial charge on any atom is -0.322 e. The third kappa shape index (κ3) is 4.63. The molecule has 6 nitrogen and oxygen atoms in total. The maximum atomic E-state index is 13.0. The van der Waals surface area contributed by atoms with Crippen LogP contribution in [0.15, 0.2) is 103 Å². The zero-order chi connectivity index (χ0) is 24.4. The molecule has 5 aromatic rings. The fourth-order valence-corrected chi connectivity index (χ4v) is 4.05. The van der Waals surface area contributed by atoms with Crippen molar-refractivity contribution in [3.05, 3.63) is 124 Å². The highest BCUT2D eigenvalue weighted by Gasteiger charge is 2.14. The van der Waals surface area contributed by atoms with Gasteiger partial charge in [-0.3, -0.25) is 14.9 Å². The number of non-ortho nitro benzene ring substituents is 1. The quantitative estimate of drug-likeness (QED) is 0.226. The zero-order valence-corrected chi connectivity index (χ0v) is 18.9. The van der Waals surface area contributed by atoms with Crippen LogP contribution in [-0.2, 0) is 0 Å². The standard InChI is InChI=1S/C29H21N3O3/c1-19-6-5-9-23(16-19)30-29(33)22-12-15-27-26(17-22)25(20-7-3-2-4-8-20)18-28(31-27)21-10-13-24(14-11-21)32(34)35/h2-18H,1H3,(H,30,33). The van der Waals surface area contributed by atoms with Gasteiger partial charge in [-0.25, -0.2) is 4.98 Å². The molecule has 0 saturated heterocycles. The molecule has 0 aliphatic heterocycles. The van der Waals surface area contributed by atoms with Crippen molar-refractivity contribution >= 4 is 28.2 Å². The Hall–Kier alpha value is -4.84. The van der Waals surface area contributed by atoms with Crippen LogP contribution in [0, 0.1) is 17.0 Å². The van der Waals surface area contributed by atoms with E-state index in [2.05, 4.69) is 5.32 Å². The monoisotopic (exact) mass is 459 g/mol. The van der Waals surface area contributed by atoms with Gasteiger partial charge in [0.1, 0.15) is 0 Å². The Morgan fingerprint density at radius 1 is 0.829 bits per heavy atom. The van der Waals surface area contributed by atoms with Gasteiger partial charge in [-0.2, -0.15) is 0 Å². The van der Waals surface area contributed by atoms with Crippen LogP contribution < -0.4 is 5.32 Å². The lowest BCUT2D eigenvalue weighted by molar-refractivity contribution is -0.384. The van der Waals surface area contributed by atoms with Crippen molar-refractivity contribution in [2.45, 2.75) is 6.92 Å². The van der Waals surface area contributed by atoms with Crippen molar-refractivity contribution < 1.29 is 9.72 Å². The average Bonchev–Trinajstić information content (AvgIpc) is 2.88. The molecular formula is C29H21N3O3. The molecule has 4 aromatic carbocycles. The Morgan fingerprint density at radius 3 is 2.31 bits per heavy atom. The highest BCUT2D eigenvalue weighted by molar-refractivity contribution is 6.08. The molecule has 1 heterocycles. The van der Waals surface area contributed by atoms with Crippen LogP contribution in [0.25, 0.3) is 33.3 Å². The summed E-state index contributed by atoms with van der Waals surface area (Å²) in [5.41, 5.74) is 6.48. The molecule has 0 fully saturated rings. The molecule has 5 rings (SSSR count). The van der Waals surface area contributed by atoms with E-state index in [1.807, 2.05) is 79.7 Å². The molecule has 0 aliphatic rings. The fourth-order valence-electron chi connectivity index (χ4n) is 4.05. The molecule has 1 amide bonds. The number of aryl methyl sites for hydroxylation is 1. The number of nitro groups is 1.